The number of hydrogen-bond donors (Lipinski definition) is 2. The van der Waals surface area contributed by atoms with Crippen LogP contribution in [0.5, 0.6) is 11.5 Å². The lowest BCUT2D eigenvalue weighted by Crippen LogP contribution is -2.61. The highest BCUT2D eigenvalue weighted by atomic mass is 32.1. The van der Waals surface area contributed by atoms with E-state index in [4.69, 9.17) is 21.7 Å². The largest absolute Gasteiger partial charge is 0.454 e. The number of carbonyl (C=O) groups excluding carboxylic acids is 1. The summed E-state index contributed by atoms with van der Waals surface area (Å²) in [6, 6.07) is 5.19. The minimum Gasteiger partial charge on any atom is -0.454 e. The van der Waals surface area contributed by atoms with Crippen LogP contribution in [-0.4, -0.2) is 23.4 Å². The first-order valence-corrected chi connectivity index (χ1v) is 9.53. The Morgan fingerprint density at radius 3 is 2.36 bits per heavy atom. The van der Waals surface area contributed by atoms with Crippen LogP contribution < -0.4 is 20.1 Å². The number of ether oxygens (including phenoxy) is 2. The number of hydrogen-bond acceptors (Lipinski definition) is 4. The maximum Gasteiger partial charge on any atom is 0.257 e. The van der Waals surface area contributed by atoms with Gasteiger partial charge in [0.25, 0.3) is 5.91 Å². The van der Waals surface area contributed by atoms with Crippen LogP contribution in [0, 0.1) is 17.8 Å². The third-order valence-electron chi connectivity index (χ3n) is 6.28. The lowest BCUT2D eigenvalue weighted by molar-refractivity contribution is -0.0101. The van der Waals surface area contributed by atoms with Gasteiger partial charge in [0.2, 0.25) is 6.79 Å². The molecule has 5 nitrogen and oxygen atoms in total. The van der Waals surface area contributed by atoms with Gasteiger partial charge in [-0.15, -0.1) is 0 Å². The molecule has 1 heterocycles. The number of amides is 1. The molecule has 0 atom stereocenters. The molecule has 132 valence electrons. The van der Waals surface area contributed by atoms with Crippen molar-refractivity contribution in [1.82, 2.24) is 10.6 Å². The summed E-state index contributed by atoms with van der Waals surface area (Å²) < 4.78 is 10.6. The Morgan fingerprint density at radius 1 is 1.04 bits per heavy atom. The van der Waals surface area contributed by atoms with E-state index in [-0.39, 0.29) is 18.2 Å². The highest BCUT2D eigenvalue weighted by Gasteiger charge is 2.51. The fourth-order valence-corrected chi connectivity index (χ4v) is 6.06. The number of fused-ring (bicyclic) bond motifs is 1. The number of thiocarbonyl (C=S) groups is 1. The van der Waals surface area contributed by atoms with Gasteiger partial charge in [0.15, 0.2) is 16.6 Å². The van der Waals surface area contributed by atoms with E-state index in [1.807, 2.05) is 0 Å². The van der Waals surface area contributed by atoms with E-state index in [1.165, 1.54) is 38.5 Å². The third kappa shape index (κ3) is 2.76. The van der Waals surface area contributed by atoms with Gasteiger partial charge in [-0.2, -0.15) is 0 Å². The van der Waals surface area contributed by atoms with Crippen LogP contribution >= 0.6 is 12.2 Å². The number of carbonyl (C=O) groups is 1. The molecule has 0 saturated heterocycles. The van der Waals surface area contributed by atoms with Crippen molar-refractivity contribution in [2.24, 2.45) is 17.8 Å². The molecule has 4 saturated carbocycles. The predicted octanol–water partition coefficient (Wildman–Crippen LogP) is 2.99. The molecule has 0 spiro atoms. The molecule has 0 unspecified atom stereocenters. The quantitative estimate of drug-likeness (QED) is 0.796. The summed E-state index contributed by atoms with van der Waals surface area (Å²) in [5, 5.41) is 6.82. The summed E-state index contributed by atoms with van der Waals surface area (Å²) in [5.41, 5.74) is 0.632. The van der Waals surface area contributed by atoms with Gasteiger partial charge < -0.3 is 14.8 Å². The van der Waals surface area contributed by atoms with Crippen LogP contribution in [-0.2, 0) is 0 Å². The molecule has 25 heavy (non-hydrogen) atoms. The fourth-order valence-electron chi connectivity index (χ4n) is 5.75. The van der Waals surface area contributed by atoms with Crippen LogP contribution in [0.15, 0.2) is 18.2 Å². The molecule has 6 heteroatoms. The van der Waals surface area contributed by atoms with Crippen LogP contribution in [0.3, 0.4) is 0 Å². The SMILES string of the molecule is O=C(NC(=S)NC12CC3CC(CC(C3)C1)C2)c1ccc2c(c1)OCO2. The molecule has 4 aliphatic carbocycles. The molecule has 6 rings (SSSR count). The Kier molecular flexibility index (Phi) is 3.45. The summed E-state index contributed by atoms with van der Waals surface area (Å²) in [6.07, 6.45) is 7.74. The van der Waals surface area contributed by atoms with Crippen molar-refractivity contribution in [1.29, 1.82) is 0 Å². The Morgan fingerprint density at radius 2 is 1.68 bits per heavy atom. The summed E-state index contributed by atoms with van der Waals surface area (Å²) in [7, 11) is 0. The fraction of sp³-hybridized carbons (Fsp3) is 0.579. The van der Waals surface area contributed by atoms with Crippen molar-refractivity contribution in [2.45, 2.75) is 44.1 Å². The van der Waals surface area contributed by atoms with Gasteiger partial charge in [-0.05, 0) is 86.7 Å². The van der Waals surface area contributed by atoms with E-state index in [1.54, 1.807) is 18.2 Å². The second-order valence-corrected chi connectivity index (χ2v) is 8.58. The van der Waals surface area contributed by atoms with Crippen molar-refractivity contribution < 1.29 is 14.3 Å². The monoisotopic (exact) mass is 358 g/mol. The maximum atomic E-state index is 12.5. The molecule has 0 aromatic heterocycles. The molecule has 1 aliphatic heterocycles. The average molecular weight is 358 g/mol. The Bertz CT molecular complexity index is 713. The average Bonchev–Trinajstić information content (AvgIpc) is 3.00. The zero-order valence-electron chi connectivity index (χ0n) is 14.0. The van der Waals surface area contributed by atoms with Crippen molar-refractivity contribution in [3.63, 3.8) is 0 Å². The normalized spacial score (nSPS) is 34.0. The first-order chi connectivity index (χ1) is 12.1. The standard InChI is InChI=1S/C19H22N2O3S/c22-17(14-1-2-15-16(6-14)24-10-23-15)20-18(25)21-19-7-11-3-12(8-19)5-13(4-11)9-19/h1-2,6,11-13H,3-5,7-10H2,(H2,20,21,22,25). The third-order valence-corrected chi connectivity index (χ3v) is 6.48. The molecule has 0 radical (unpaired) electrons. The van der Waals surface area contributed by atoms with Gasteiger partial charge in [0, 0.05) is 11.1 Å². The molecular weight excluding hydrogens is 336 g/mol. The zero-order chi connectivity index (χ0) is 17.0. The Balaban J connectivity index is 1.25. The van der Waals surface area contributed by atoms with Crippen molar-refractivity contribution in [3.8, 4) is 11.5 Å². The highest BCUT2D eigenvalue weighted by Crippen LogP contribution is 2.55. The van der Waals surface area contributed by atoms with Crippen LogP contribution in [0.1, 0.15) is 48.9 Å². The Labute approximate surface area is 152 Å². The predicted molar refractivity (Wildman–Crippen MR) is 96.7 cm³/mol. The first kappa shape index (κ1) is 15.4. The van der Waals surface area contributed by atoms with Gasteiger partial charge >= 0.3 is 0 Å². The van der Waals surface area contributed by atoms with E-state index in [0.717, 1.165) is 17.8 Å². The minimum atomic E-state index is -0.208. The molecule has 1 aromatic rings. The number of benzene rings is 1. The van der Waals surface area contributed by atoms with Gasteiger partial charge in [0.05, 0.1) is 0 Å². The molecule has 4 bridgehead atoms. The Hall–Kier alpha value is -1.82. The van der Waals surface area contributed by atoms with Crippen molar-refractivity contribution >= 4 is 23.2 Å². The van der Waals surface area contributed by atoms with E-state index in [2.05, 4.69) is 10.6 Å². The lowest BCUT2D eigenvalue weighted by Gasteiger charge is -2.57. The maximum absolute atomic E-state index is 12.5. The van der Waals surface area contributed by atoms with Crippen LogP contribution in [0.25, 0.3) is 0 Å². The smallest absolute Gasteiger partial charge is 0.257 e. The van der Waals surface area contributed by atoms with Crippen molar-refractivity contribution in [2.75, 3.05) is 6.79 Å². The second kappa shape index (κ2) is 5.59. The van der Waals surface area contributed by atoms with Crippen LogP contribution in [0.2, 0.25) is 0 Å². The summed E-state index contributed by atoms with van der Waals surface area (Å²) >= 11 is 5.47. The molecule has 2 N–H and O–H groups in total. The highest BCUT2D eigenvalue weighted by molar-refractivity contribution is 7.80. The zero-order valence-corrected chi connectivity index (χ0v) is 14.9. The van der Waals surface area contributed by atoms with Gasteiger partial charge in [-0.1, -0.05) is 0 Å². The van der Waals surface area contributed by atoms with Gasteiger partial charge in [0.1, 0.15) is 0 Å². The van der Waals surface area contributed by atoms with E-state index >= 15 is 0 Å². The summed E-state index contributed by atoms with van der Waals surface area (Å²) in [4.78, 5) is 12.5. The molecule has 1 amide bonds. The van der Waals surface area contributed by atoms with E-state index < -0.39 is 0 Å². The molecule has 4 fully saturated rings. The number of rotatable bonds is 2. The van der Waals surface area contributed by atoms with Gasteiger partial charge in [-0.3, -0.25) is 10.1 Å². The van der Waals surface area contributed by atoms with Crippen molar-refractivity contribution in [3.05, 3.63) is 23.8 Å². The first-order valence-electron chi connectivity index (χ1n) is 9.12. The summed E-state index contributed by atoms with van der Waals surface area (Å²) in [6.45, 7) is 0.201. The topological polar surface area (TPSA) is 59.6 Å². The second-order valence-electron chi connectivity index (χ2n) is 8.17. The van der Waals surface area contributed by atoms with E-state index in [9.17, 15) is 4.79 Å². The number of nitrogens with one attached hydrogen (secondary N) is 2. The molecular formula is C19H22N2O3S. The van der Waals surface area contributed by atoms with Gasteiger partial charge in [-0.25, -0.2) is 0 Å². The van der Waals surface area contributed by atoms with Crippen LogP contribution in [0.4, 0.5) is 0 Å². The molecule has 1 aromatic carbocycles. The minimum absolute atomic E-state index is 0.105. The lowest BCUT2D eigenvalue weighted by atomic mass is 9.53. The summed E-state index contributed by atoms with van der Waals surface area (Å²) in [5.74, 6) is 3.59. The van der Waals surface area contributed by atoms with E-state index in [0.29, 0.717) is 22.2 Å². The molecule has 5 aliphatic rings.